The molecule has 0 spiro atoms. The number of hydrogen-bond donors (Lipinski definition) is 2. The standard InChI is InChI=1S/C8H11N3O2/c1-2-3-9-7-4-6(8(12)13)10-5-11-7/h4-5H,2-3H2,1H3,(H,12,13)(H,9,10,11). The van der Waals surface area contributed by atoms with Crippen molar-refractivity contribution in [2.24, 2.45) is 0 Å². The Morgan fingerprint density at radius 3 is 3.00 bits per heavy atom. The summed E-state index contributed by atoms with van der Waals surface area (Å²) in [4.78, 5) is 18.0. The van der Waals surface area contributed by atoms with Crippen LogP contribution in [0.3, 0.4) is 0 Å². The molecule has 5 heteroatoms. The van der Waals surface area contributed by atoms with Crippen molar-refractivity contribution in [3.8, 4) is 0 Å². The van der Waals surface area contributed by atoms with E-state index in [2.05, 4.69) is 15.3 Å². The van der Waals surface area contributed by atoms with Crippen LogP contribution in [0.5, 0.6) is 0 Å². The smallest absolute Gasteiger partial charge is 0.354 e. The fourth-order valence-electron chi connectivity index (χ4n) is 0.824. The number of aromatic carboxylic acids is 1. The number of aromatic nitrogens is 2. The summed E-state index contributed by atoms with van der Waals surface area (Å²) in [7, 11) is 0. The van der Waals surface area contributed by atoms with Gasteiger partial charge in [-0.3, -0.25) is 0 Å². The number of carboxylic acids is 1. The summed E-state index contributed by atoms with van der Waals surface area (Å²) < 4.78 is 0. The molecule has 0 bridgehead atoms. The second-order valence-corrected chi connectivity index (χ2v) is 2.52. The molecule has 1 aromatic heterocycles. The van der Waals surface area contributed by atoms with Gasteiger partial charge in [-0.05, 0) is 6.42 Å². The molecule has 0 aliphatic carbocycles. The van der Waals surface area contributed by atoms with E-state index in [0.717, 1.165) is 13.0 Å². The maximum absolute atomic E-state index is 10.5. The molecule has 0 saturated carbocycles. The van der Waals surface area contributed by atoms with Crippen molar-refractivity contribution in [2.45, 2.75) is 13.3 Å². The Balaban J connectivity index is 2.73. The molecule has 2 N–H and O–H groups in total. The van der Waals surface area contributed by atoms with Gasteiger partial charge in [-0.1, -0.05) is 6.92 Å². The van der Waals surface area contributed by atoms with Crippen LogP contribution in [0.4, 0.5) is 5.82 Å². The Kier molecular flexibility index (Phi) is 3.19. The third kappa shape index (κ3) is 2.70. The second kappa shape index (κ2) is 4.39. The molecule has 0 aliphatic heterocycles. The van der Waals surface area contributed by atoms with E-state index >= 15 is 0 Å². The number of hydrogen-bond acceptors (Lipinski definition) is 4. The topological polar surface area (TPSA) is 75.1 Å². The van der Waals surface area contributed by atoms with Gasteiger partial charge in [0.15, 0.2) is 5.69 Å². The zero-order valence-electron chi connectivity index (χ0n) is 7.32. The van der Waals surface area contributed by atoms with Gasteiger partial charge in [0.25, 0.3) is 0 Å². The van der Waals surface area contributed by atoms with Crippen LogP contribution in [0.15, 0.2) is 12.4 Å². The van der Waals surface area contributed by atoms with Crippen LogP contribution in [0.25, 0.3) is 0 Å². The summed E-state index contributed by atoms with van der Waals surface area (Å²) in [6.45, 7) is 2.79. The summed E-state index contributed by atoms with van der Waals surface area (Å²) in [6, 6.07) is 1.41. The van der Waals surface area contributed by atoms with Crippen LogP contribution >= 0.6 is 0 Å². The lowest BCUT2D eigenvalue weighted by atomic mass is 10.4. The molecule has 13 heavy (non-hydrogen) atoms. The van der Waals surface area contributed by atoms with E-state index in [0.29, 0.717) is 5.82 Å². The van der Waals surface area contributed by atoms with Crippen LogP contribution in [-0.4, -0.2) is 27.6 Å². The highest BCUT2D eigenvalue weighted by Gasteiger charge is 2.04. The quantitative estimate of drug-likeness (QED) is 0.724. The van der Waals surface area contributed by atoms with E-state index in [-0.39, 0.29) is 5.69 Å². The zero-order valence-corrected chi connectivity index (χ0v) is 7.32. The normalized spacial score (nSPS) is 9.62. The lowest BCUT2D eigenvalue weighted by Crippen LogP contribution is -2.06. The lowest BCUT2D eigenvalue weighted by Gasteiger charge is -2.02. The van der Waals surface area contributed by atoms with Gasteiger partial charge in [-0.15, -0.1) is 0 Å². The van der Waals surface area contributed by atoms with Crippen LogP contribution in [-0.2, 0) is 0 Å². The second-order valence-electron chi connectivity index (χ2n) is 2.52. The van der Waals surface area contributed by atoms with Crippen molar-refractivity contribution < 1.29 is 9.90 Å². The van der Waals surface area contributed by atoms with Crippen molar-refractivity contribution >= 4 is 11.8 Å². The Bertz CT molecular complexity index is 301. The first-order chi connectivity index (χ1) is 6.24. The number of carboxylic acid groups (broad SMARTS) is 1. The fraction of sp³-hybridized carbons (Fsp3) is 0.375. The first kappa shape index (κ1) is 9.44. The molecule has 1 heterocycles. The molecule has 1 rings (SSSR count). The molecule has 0 aromatic carbocycles. The highest BCUT2D eigenvalue weighted by molar-refractivity contribution is 5.85. The minimum atomic E-state index is -1.04. The highest BCUT2D eigenvalue weighted by Crippen LogP contribution is 2.03. The van der Waals surface area contributed by atoms with Crippen molar-refractivity contribution in [3.05, 3.63) is 18.1 Å². The Morgan fingerprint density at radius 1 is 1.62 bits per heavy atom. The van der Waals surface area contributed by atoms with E-state index in [1.54, 1.807) is 0 Å². The van der Waals surface area contributed by atoms with Gasteiger partial charge in [-0.2, -0.15) is 0 Å². The van der Waals surface area contributed by atoms with Gasteiger partial charge in [0.1, 0.15) is 12.1 Å². The van der Waals surface area contributed by atoms with E-state index in [1.165, 1.54) is 12.4 Å². The number of nitrogens with one attached hydrogen (secondary N) is 1. The molecule has 70 valence electrons. The molecule has 0 atom stereocenters. The average molecular weight is 181 g/mol. The van der Waals surface area contributed by atoms with E-state index in [4.69, 9.17) is 5.11 Å². The highest BCUT2D eigenvalue weighted by atomic mass is 16.4. The van der Waals surface area contributed by atoms with Gasteiger partial charge in [0.2, 0.25) is 0 Å². The van der Waals surface area contributed by atoms with Crippen molar-refractivity contribution in [3.63, 3.8) is 0 Å². The van der Waals surface area contributed by atoms with E-state index in [1.807, 2.05) is 6.92 Å². The predicted molar refractivity (Wildman–Crippen MR) is 47.8 cm³/mol. The van der Waals surface area contributed by atoms with E-state index in [9.17, 15) is 4.79 Å². The molecular formula is C8H11N3O2. The van der Waals surface area contributed by atoms with Gasteiger partial charge < -0.3 is 10.4 Å². The minimum absolute atomic E-state index is 0.00797. The van der Waals surface area contributed by atoms with Gasteiger partial charge in [0.05, 0.1) is 0 Å². The summed E-state index contributed by atoms with van der Waals surface area (Å²) in [5.74, 6) is -0.490. The molecule has 0 unspecified atom stereocenters. The van der Waals surface area contributed by atoms with E-state index < -0.39 is 5.97 Å². The molecular weight excluding hydrogens is 170 g/mol. The molecule has 1 aromatic rings. The minimum Gasteiger partial charge on any atom is -0.477 e. The van der Waals surface area contributed by atoms with Gasteiger partial charge in [-0.25, -0.2) is 14.8 Å². The zero-order chi connectivity index (χ0) is 9.68. The average Bonchev–Trinajstić information content (AvgIpc) is 2.15. The molecule has 5 nitrogen and oxygen atoms in total. The first-order valence-electron chi connectivity index (χ1n) is 4.03. The van der Waals surface area contributed by atoms with Gasteiger partial charge >= 0.3 is 5.97 Å². The number of anilines is 1. The fourth-order valence-corrected chi connectivity index (χ4v) is 0.824. The molecule has 0 radical (unpaired) electrons. The summed E-state index contributed by atoms with van der Waals surface area (Å²) in [5, 5.41) is 11.6. The first-order valence-corrected chi connectivity index (χ1v) is 4.03. The number of carbonyl (C=O) groups is 1. The summed E-state index contributed by atoms with van der Waals surface area (Å²) in [5.41, 5.74) is 0.00797. The van der Waals surface area contributed by atoms with Crippen LogP contribution in [0.1, 0.15) is 23.8 Å². The Labute approximate surface area is 75.8 Å². The van der Waals surface area contributed by atoms with Gasteiger partial charge in [0, 0.05) is 12.6 Å². The maximum Gasteiger partial charge on any atom is 0.354 e. The third-order valence-corrected chi connectivity index (χ3v) is 1.44. The maximum atomic E-state index is 10.5. The molecule has 0 saturated heterocycles. The van der Waals surface area contributed by atoms with Crippen LogP contribution in [0, 0.1) is 0 Å². The third-order valence-electron chi connectivity index (χ3n) is 1.44. The van der Waals surface area contributed by atoms with Crippen molar-refractivity contribution in [1.29, 1.82) is 0 Å². The predicted octanol–water partition coefficient (Wildman–Crippen LogP) is 0.997. The van der Waals surface area contributed by atoms with Crippen LogP contribution < -0.4 is 5.32 Å². The Hall–Kier alpha value is -1.65. The monoisotopic (exact) mass is 181 g/mol. The summed E-state index contributed by atoms with van der Waals surface area (Å²) in [6.07, 6.45) is 2.20. The summed E-state index contributed by atoms with van der Waals surface area (Å²) >= 11 is 0. The molecule has 0 fully saturated rings. The lowest BCUT2D eigenvalue weighted by molar-refractivity contribution is 0.0690. The number of rotatable bonds is 4. The molecule has 0 aliphatic rings. The molecule has 0 amide bonds. The number of nitrogens with zero attached hydrogens (tertiary/aromatic N) is 2. The SMILES string of the molecule is CCCNc1cc(C(=O)O)ncn1. The van der Waals surface area contributed by atoms with Crippen molar-refractivity contribution in [2.75, 3.05) is 11.9 Å². The van der Waals surface area contributed by atoms with Crippen molar-refractivity contribution in [1.82, 2.24) is 9.97 Å². The Morgan fingerprint density at radius 2 is 2.38 bits per heavy atom. The largest absolute Gasteiger partial charge is 0.477 e. The van der Waals surface area contributed by atoms with Crippen LogP contribution in [0.2, 0.25) is 0 Å².